The molecule has 33 heavy (non-hydrogen) atoms. The molecule has 0 saturated carbocycles. The number of halogens is 1. The lowest BCUT2D eigenvalue weighted by Crippen LogP contribution is -2.32. The Balaban J connectivity index is 1.78. The number of sulfonamides is 1. The molecule has 0 aliphatic carbocycles. The first-order valence-corrected chi connectivity index (χ1v) is 12.1. The van der Waals surface area contributed by atoms with E-state index in [9.17, 15) is 13.2 Å². The van der Waals surface area contributed by atoms with Gasteiger partial charge in [-0.25, -0.2) is 8.42 Å². The predicted molar refractivity (Wildman–Crippen MR) is 130 cm³/mol. The molecular weight excluding hydrogens is 460 g/mol. The summed E-state index contributed by atoms with van der Waals surface area (Å²) in [6, 6.07) is 20.9. The van der Waals surface area contributed by atoms with Crippen LogP contribution in [0, 0.1) is 6.92 Å². The van der Waals surface area contributed by atoms with Gasteiger partial charge in [0.05, 0.1) is 17.6 Å². The van der Waals surface area contributed by atoms with Gasteiger partial charge in [0.1, 0.15) is 10.6 Å². The molecule has 6 nitrogen and oxygen atoms in total. The van der Waals surface area contributed by atoms with Crippen molar-refractivity contribution in [3.8, 4) is 5.75 Å². The Hall–Kier alpha value is -3.13. The molecule has 0 aliphatic heterocycles. The van der Waals surface area contributed by atoms with E-state index in [1.165, 1.54) is 16.4 Å². The molecule has 0 bridgehead atoms. The Kier molecular flexibility index (Phi) is 6.56. The highest BCUT2D eigenvalue weighted by Crippen LogP contribution is 2.27. The van der Waals surface area contributed by atoms with Gasteiger partial charge in [0.15, 0.2) is 0 Å². The summed E-state index contributed by atoms with van der Waals surface area (Å²) in [7, 11) is -2.44. The zero-order valence-corrected chi connectivity index (χ0v) is 19.8. The average Bonchev–Trinajstić information content (AvgIpc) is 2.80. The lowest BCUT2D eigenvalue weighted by Gasteiger charge is -2.23. The molecule has 1 N–H and O–H groups in total. The second kappa shape index (κ2) is 9.39. The van der Waals surface area contributed by atoms with E-state index in [-0.39, 0.29) is 28.6 Å². The lowest BCUT2D eigenvalue weighted by molar-refractivity contribution is 0.400. The number of aromatic amines is 1. The van der Waals surface area contributed by atoms with Gasteiger partial charge in [-0.05, 0) is 48.2 Å². The van der Waals surface area contributed by atoms with E-state index in [4.69, 9.17) is 16.3 Å². The van der Waals surface area contributed by atoms with E-state index in [0.717, 1.165) is 16.5 Å². The number of nitrogens with one attached hydrogen (secondary N) is 1. The number of benzene rings is 3. The lowest BCUT2D eigenvalue weighted by atomic mass is 10.1. The normalized spacial score (nSPS) is 11.8. The summed E-state index contributed by atoms with van der Waals surface area (Å²) in [4.78, 5) is 15.7. The molecule has 3 aromatic carbocycles. The van der Waals surface area contributed by atoms with E-state index in [0.29, 0.717) is 16.8 Å². The fourth-order valence-electron chi connectivity index (χ4n) is 3.58. The van der Waals surface area contributed by atoms with E-state index >= 15 is 0 Å². The minimum atomic E-state index is -3.99. The summed E-state index contributed by atoms with van der Waals surface area (Å²) in [5.74, 6) is 0.619. The first-order valence-electron chi connectivity index (χ1n) is 10.3. The van der Waals surface area contributed by atoms with E-state index in [2.05, 4.69) is 4.98 Å². The maximum atomic E-state index is 13.6. The number of ether oxygens (including phenoxy) is 1. The molecule has 1 aromatic heterocycles. The van der Waals surface area contributed by atoms with Gasteiger partial charge in [-0.3, -0.25) is 4.79 Å². The highest BCUT2D eigenvalue weighted by molar-refractivity contribution is 7.89. The number of aromatic nitrogens is 1. The fourth-order valence-corrected chi connectivity index (χ4v) is 5.48. The Morgan fingerprint density at radius 3 is 2.39 bits per heavy atom. The molecule has 0 unspecified atom stereocenters. The maximum Gasteiger partial charge on any atom is 0.252 e. The highest BCUT2D eigenvalue weighted by Gasteiger charge is 2.28. The van der Waals surface area contributed by atoms with Crippen LogP contribution in [0.15, 0.2) is 82.5 Å². The fraction of sp³-hybridized carbons (Fsp3) is 0.160. The van der Waals surface area contributed by atoms with Crippen molar-refractivity contribution in [1.82, 2.24) is 9.29 Å². The largest absolute Gasteiger partial charge is 0.497 e. The minimum Gasteiger partial charge on any atom is -0.497 e. The summed E-state index contributed by atoms with van der Waals surface area (Å²) in [6.07, 6.45) is 0. The number of fused-ring (bicyclic) bond motifs is 1. The zero-order valence-electron chi connectivity index (χ0n) is 18.2. The molecule has 4 rings (SSSR count). The van der Waals surface area contributed by atoms with Crippen LogP contribution >= 0.6 is 11.6 Å². The van der Waals surface area contributed by atoms with Gasteiger partial charge in [-0.2, -0.15) is 4.31 Å². The first-order chi connectivity index (χ1) is 15.8. The average molecular weight is 483 g/mol. The van der Waals surface area contributed by atoms with Crippen LogP contribution in [0.25, 0.3) is 10.9 Å². The van der Waals surface area contributed by atoms with Crippen LogP contribution < -0.4 is 10.3 Å². The van der Waals surface area contributed by atoms with Crippen molar-refractivity contribution in [2.75, 3.05) is 7.11 Å². The first kappa shape index (κ1) is 23.0. The minimum absolute atomic E-state index is 0.000678. The molecule has 4 aromatic rings. The van der Waals surface area contributed by atoms with Gasteiger partial charge in [0, 0.05) is 24.7 Å². The topological polar surface area (TPSA) is 79.5 Å². The van der Waals surface area contributed by atoms with Gasteiger partial charge in [0.25, 0.3) is 5.56 Å². The number of aryl methyl sites for hydroxylation is 1. The molecule has 170 valence electrons. The van der Waals surface area contributed by atoms with Crippen molar-refractivity contribution < 1.29 is 13.2 Å². The van der Waals surface area contributed by atoms with Crippen LogP contribution in [0.4, 0.5) is 0 Å². The quantitative estimate of drug-likeness (QED) is 0.406. The molecule has 8 heteroatoms. The third-order valence-electron chi connectivity index (χ3n) is 5.41. The molecule has 0 atom stereocenters. The third-order valence-corrected chi connectivity index (χ3v) is 7.70. The Bertz CT molecular complexity index is 1460. The molecule has 0 aliphatic rings. The van der Waals surface area contributed by atoms with E-state index in [1.54, 1.807) is 37.4 Å². The molecule has 0 radical (unpaired) electrons. The number of hydrogen-bond donors (Lipinski definition) is 1. The summed E-state index contributed by atoms with van der Waals surface area (Å²) in [6.45, 7) is 1.94. The van der Waals surface area contributed by atoms with Crippen LogP contribution in [0.2, 0.25) is 5.02 Å². The standard InChI is InChI=1S/C25H23ClN2O4S/c1-17-7-9-18(10-8-17)15-28(33(30,31)24-6-4-3-5-22(24)26)16-20-13-19-11-12-21(32-2)14-23(19)27-25(20)29/h3-14H,15-16H2,1-2H3,(H,27,29). The number of hydrogen-bond acceptors (Lipinski definition) is 4. The second-order valence-corrected chi connectivity index (χ2v) is 10.1. The third kappa shape index (κ3) is 4.95. The van der Waals surface area contributed by atoms with Crippen LogP contribution in [-0.2, 0) is 23.1 Å². The van der Waals surface area contributed by atoms with Crippen molar-refractivity contribution in [3.05, 3.63) is 105 Å². The van der Waals surface area contributed by atoms with Gasteiger partial charge >= 0.3 is 0 Å². The number of pyridine rings is 1. The molecule has 0 amide bonds. The maximum absolute atomic E-state index is 13.6. The van der Waals surface area contributed by atoms with Crippen LogP contribution in [0.1, 0.15) is 16.7 Å². The van der Waals surface area contributed by atoms with Gasteiger partial charge in [-0.1, -0.05) is 53.6 Å². The van der Waals surface area contributed by atoms with Crippen molar-refractivity contribution in [1.29, 1.82) is 0 Å². The van der Waals surface area contributed by atoms with Crippen molar-refractivity contribution in [2.24, 2.45) is 0 Å². The molecule has 1 heterocycles. The number of methoxy groups -OCH3 is 1. The molecule has 0 spiro atoms. The summed E-state index contributed by atoms with van der Waals surface area (Å²) in [5.41, 5.74) is 2.45. The Morgan fingerprint density at radius 2 is 1.70 bits per heavy atom. The predicted octanol–water partition coefficient (Wildman–Crippen LogP) is 4.89. The van der Waals surface area contributed by atoms with E-state index in [1.807, 2.05) is 37.3 Å². The summed E-state index contributed by atoms with van der Waals surface area (Å²) in [5, 5.41) is 0.904. The highest BCUT2D eigenvalue weighted by atomic mass is 35.5. The van der Waals surface area contributed by atoms with Crippen molar-refractivity contribution in [2.45, 2.75) is 24.9 Å². The summed E-state index contributed by atoms with van der Waals surface area (Å²) < 4.78 is 33.7. The second-order valence-electron chi connectivity index (χ2n) is 7.77. The number of rotatable bonds is 7. The molecular formula is C25H23ClN2O4S. The van der Waals surface area contributed by atoms with Crippen molar-refractivity contribution in [3.63, 3.8) is 0 Å². The van der Waals surface area contributed by atoms with Crippen LogP contribution in [0.3, 0.4) is 0 Å². The van der Waals surface area contributed by atoms with Gasteiger partial charge < -0.3 is 9.72 Å². The monoisotopic (exact) mass is 482 g/mol. The SMILES string of the molecule is COc1ccc2cc(CN(Cc3ccc(C)cc3)S(=O)(=O)c3ccccc3Cl)c(=O)[nH]c2c1. The van der Waals surface area contributed by atoms with E-state index < -0.39 is 10.0 Å². The smallest absolute Gasteiger partial charge is 0.252 e. The zero-order chi connectivity index (χ0) is 23.6. The Morgan fingerprint density at radius 1 is 0.970 bits per heavy atom. The van der Waals surface area contributed by atoms with Crippen molar-refractivity contribution >= 4 is 32.5 Å². The Labute approximate surface area is 197 Å². The van der Waals surface area contributed by atoms with Gasteiger partial charge in [0.2, 0.25) is 10.0 Å². The number of H-pyrrole nitrogens is 1. The summed E-state index contributed by atoms with van der Waals surface area (Å²) >= 11 is 6.23. The van der Waals surface area contributed by atoms with Crippen LogP contribution in [0.5, 0.6) is 5.75 Å². The molecule has 0 fully saturated rings. The molecule has 0 saturated heterocycles. The van der Waals surface area contributed by atoms with Crippen LogP contribution in [-0.4, -0.2) is 24.8 Å². The number of nitrogens with zero attached hydrogens (tertiary/aromatic N) is 1. The van der Waals surface area contributed by atoms with Gasteiger partial charge in [-0.15, -0.1) is 0 Å².